The first kappa shape index (κ1) is 47.3. The number of pyridine rings is 1. The Morgan fingerprint density at radius 2 is 0.987 bits per heavy atom. The van der Waals surface area contributed by atoms with Crippen LogP contribution in [0.3, 0.4) is 0 Å². The van der Waals surface area contributed by atoms with Gasteiger partial charge in [-0.25, -0.2) is 4.98 Å². The molecule has 1 aromatic heterocycles. The highest BCUT2D eigenvalue weighted by Gasteiger charge is 2.35. The molecule has 9 aromatic carbocycles. The summed E-state index contributed by atoms with van der Waals surface area (Å²) in [6.45, 7) is 19.0. The van der Waals surface area contributed by atoms with E-state index in [1.807, 2.05) is 12.3 Å². The second-order valence-corrected chi connectivity index (χ2v) is 22.3. The zero-order valence-corrected chi connectivity index (χ0v) is 44.3. The molecule has 0 unspecified atom stereocenters. The third-order valence-electron chi connectivity index (χ3n) is 15.2. The predicted molar refractivity (Wildman–Crippen MR) is 318 cm³/mol. The largest absolute Gasteiger partial charge is 0.321 e. The van der Waals surface area contributed by atoms with E-state index in [0.717, 1.165) is 56.6 Å². The average Bonchev–Trinajstić information content (AvgIpc) is 3.73. The van der Waals surface area contributed by atoms with E-state index in [2.05, 4.69) is 287 Å². The average molecular weight is 974 g/mol. The first-order chi connectivity index (χ1) is 36.3. The number of hydrogen-bond acceptors (Lipinski definition) is 5. The van der Waals surface area contributed by atoms with Gasteiger partial charge in [-0.3, -0.25) is 4.90 Å². The van der Waals surface area contributed by atoms with E-state index in [-0.39, 0.29) is 10.8 Å². The summed E-state index contributed by atoms with van der Waals surface area (Å²) in [6.07, 6.45) is 1.90. The summed E-state index contributed by atoms with van der Waals surface area (Å²) < 4.78 is 0. The van der Waals surface area contributed by atoms with Crippen LogP contribution >= 0.6 is 0 Å². The summed E-state index contributed by atoms with van der Waals surface area (Å²) in [7, 11) is 0. The molecule has 0 aliphatic carbocycles. The molecule has 2 aliphatic heterocycles. The quantitative estimate of drug-likeness (QED) is 0.151. The molecule has 0 atom stereocenters. The van der Waals surface area contributed by atoms with Gasteiger partial charge in [-0.1, -0.05) is 187 Å². The topological polar surface area (TPSA) is 25.9 Å². The van der Waals surface area contributed by atoms with Crippen LogP contribution < -0.4 is 19.6 Å². The Balaban J connectivity index is 1.09. The van der Waals surface area contributed by atoms with Gasteiger partial charge in [-0.05, 0) is 148 Å². The van der Waals surface area contributed by atoms with Gasteiger partial charge in [0.15, 0.2) is 0 Å². The summed E-state index contributed by atoms with van der Waals surface area (Å²) in [6, 6.07) is 80.5. The Bertz CT molecular complexity index is 3740. The molecule has 0 saturated carbocycles. The van der Waals surface area contributed by atoms with Crippen molar-refractivity contribution in [2.45, 2.75) is 66.2 Å². The lowest BCUT2D eigenvalue weighted by atomic mass is 9.83. The first-order valence-corrected chi connectivity index (χ1v) is 26.3. The summed E-state index contributed by atoms with van der Waals surface area (Å²) in [4.78, 5) is 15.0. The van der Waals surface area contributed by atoms with Crippen molar-refractivity contribution in [3.8, 4) is 44.5 Å². The van der Waals surface area contributed by atoms with Gasteiger partial charge in [0.25, 0.3) is 0 Å². The molecule has 368 valence electrons. The predicted octanol–water partition coefficient (Wildman–Crippen LogP) is 19.5. The van der Waals surface area contributed by atoms with Crippen LogP contribution in [0.15, 0.2) is 225 Å². The van der Waals surface area contributed by atoms with Gasteiger partial charge in [-0.2, -0.15) is 0 Å². The van der Waals surface area contributed by atoms with E-state index in [4.69, 9.17) is 4.98 Å². The highest BCUT2D eigenvalue weighted by molar-refractivity contribution is 6.04. The molecule has 75 heavy (non-hydrogen) atoms. The minimum atomic E-state index is -0.122. The number of hydrogen-bond donors (Lipinski definition) is 0. The molecular weight excluding hydrogens is 911 g/mol. The minimum Gasteiger partial charge on any atom is -0.321 e. The maximum Gasteiger partial charge on any atom is 0.137 e. The number of aryl methyl sites for hydroxylation is 2. The van der Waals surface area contributed by atoms with E-state index in [0.29, 0.717) is 6.67 Å². The lowest BCUT2D eigenvalue weighted by Gasteiger charge is -2.32. The molecule has 0 N–H and O–H groups in total. The Morgan fingerprint density at radius 1 is 0.400 bits per heavy atom. The number of anilines is 10. The van der Waals surface area contributed by atoms with Crippen molar-refractivity contribution in [3.05, 3.63) is 247 Å². The highest BCUT2D eigenvalue weighted by Crippen LogP contribution is 2.55. The summed E-state index contributed by atoms with van der Waals surface area (Å²) in [5, 5.41) is 0. The van der Waals surface area contributed by atoms with Gasteiger partial charge in [0, 0.05) is 45.6 Å². The fourth-order valence-corrected chi connectivity index (χ4v) is 11.2. The smallest absolute Gasteiger partial charge is 0.137 e. The van der Waals surface area contributed by atoms with Crippen LogP contribution in [0.5, 0.6) is 0 Å². The number of nitrogens with zero attached hydrogens (tertiary/aromatic N) is 5. The molecule has 0 radical (unpaired) electrons. The Kier molecular flexibility index (Phi) is 11.8. The molecule has 0 bridgehead atoms. The van der Waals surface area contributed by atoms with Crippen molar-refractivity contribution in [1.82, 2.24) is 4.98 Å². The Labute approximate surface area is 443 Å². The monoisotopic (exact) mass is 974 g/mol. The lowest BCUT2D eigenvalue weighted by molar-refractivity contribution is 0.590. The van der Waals surface area contributed by atoms with Crippen molar-refractivity contribution in [2.75, 3.05) is 26.3 Å². The van der Waals surface area contributed by atoms with Crippen molar-refractivity contribution < 1.29 is 0 Å². The molecule has 5 heteroatoms. The fourth-order valence-electron chi connectivity index (χ4n) is 11.2. The number of para-hydroxylation sites is 2. The molecule has 0 saturated heterocycles. The van der Waals surface area contributed by atoms with Gasteiger partial charge in [0.1, 0.15) is 12.5 Å². The lowest BCUT2D eigenvalue weighted by Crippen LogP contribution is -2.27. The number of rotatable bonds is 8. The van der Waals surface area contributed by atoms with E-state index >= 15 is 0 Å². The molecule has 10 aromatic rings. The van der Waals surface area contributed by atoms with Crippen LogP contribution in [0.1, 0.15) is 63.8 Å². The third-order valence-corrected chi connectivity index (χ3v) is 15.2. The molecule has 3 heterocycles. The van der Waals surface area contributed by atoms with E-state index in [1.54, 1.807) is 0 Å². The summed E-state index contributed by atoms with van der Waals surface area (Å²) >= 11 is 0. The Morgan fingerprint density at radius 3 is 1.63 bits per heavy atom. The maximum atomic E-state index is 5.09. The van der Waals surface area contributed by atoms with Crippen LogP contribution in [-0.2, 0) is 10.8 Å². The second-order valence-electron chi connectivity index (χ2n) is 22.3. The van der Waals surface area contributed by atoms with Gasteiger partial charge >= 0.3 is 0 Å². The van der Waals surface area contributed by atoms with Crippen LogP contribution in [0.4, 0.5) is 57.0 Å². The van der Waals surface area contributed by atoms with Crippen molar-refractivity contribution >= 4 is 57.0 Å². The summed E-state index contributed by atoms with van der Waals surface area (Å²) in [5.74, 6) is 0.863. The SMILES string of the molecule is Cc1cc2c(cc1C)N(c1c(-c3ccccc3)cccc1C(C)(C)C)CN2c1cc(-c2ccccc2)cc(N(c2ccccc2)c2ccc3c(c2)N(c2ccccn2)c2cc(C(C)(C)C)ccc2-c2ccccc2-3)c1. The number of aromatic nitrogens is 1. The van der Waals surface area contributed by atoms with Crippen molar-refractivity contribution in [1.29, 1.82) is 0 Å². The zero-order chi connectivity index (χ0) is 51.6. The van der Waals surface area contributed by atoms with Crippen LogP contribution in [-0.4, -0.2) is 11.7 Å². The minimum absolute atomic E-state index is 0.0720. The van der Waals surface area contributed by atoms with Crippen LogP contribution in [0, 0.1) is 13.8 Å². The third kappa shape index (κ3) is 8.62. The molecular formula is C70H63N5. The van der Waals surface area contributed by atoms with Crippen LogP contribution in [0.2, 0.25) is 0 Å². The molecule has 0 amide bonds. The van der Waals surface area contributed by atoms with Gasteiger partial charge < -0.3 is 14.7 Å². The van der Waals surface area contributed by atoms with Gasteiger partial charge in [-0.15, -0.1) is 0 Å². The van der Waals surface area contributed by atoms with Gasteiger partial charge in [0.05, 0.1) is 28.4 Å². The normalized spacial score (nSPS) is 12.9. The Hall–Kier alpha value is -8.67. The van der Waals surface area contributed by atoms with E-state index in [1.165, 1.54) is 67.1 Å². The highest BCUT2D eigenvalue weighted by atomic mass is 15.4. The van der Waals surface area contributed by atoms with Gasteiger partial charge in [0.2, 0.25) is 0 Å². The fraction of sp³-hybridized carbons (Fsp3) is 0.157. The molecule has 5 nitrogen and oxygen atoms in total. The second kappa shape index (κ2) is 18.7. The van der Waals surface area contributed by atoms with Crippen LogP contribution in [0.25, 0.3) is 44.5 Å². The first-order valence-electron chi connectivity index (χ1n) is 26.3. The van der Waals surface area contributed by atoms with E-state index in [9.17, 15) is 0 Å². The number of fused-ring (bicyclic) bond motifs is 6. The van der Waals surface area contributed by atoms with E-state index < -0.39 is 0 Å². The zero-order valence-electron chi connectivity index (χ0n) is 44.3. The standard InChI is InChI=1S/C70H63N5/c1-47-39-65-66(40-48(47)2)73(68-57(50-25-14-10-15-26-50)31-22-32-62(68)70(6,7)8)46-72(65)55-41-51(49-23-12-9-13-24-49)42-56(44-55)74(53-27-16-11-17-28-53)54-35-37-61-59-30-19-18-29-58(59)60-36-34-52(69(3,4)5)43-63(60)75(64(61)45-54)67-33-20-21-38-71-67/h9-45H,46H2,1-8H3. The molecule has 0 spiro atoms. The molecule has 0 fully saturated rings. The molecule has 12 rings (SSSR count). The van der Waals surface area contributed by atoms with Crippen molar-refractivity contribution in [2.24, 2.45) is 0 Å². The molecule has 2 aliphatic rings. The summed E-state index contributed by atoms with van der Waals surface area (Å²) in [5.41, 5.74) is 24.4. The van der Waals surface area contributed by atoms with Crippen molar-refractivity contribution in [3.63, 3.8) is 0 Å². The number of benzene rings is 9. The maximum absolute atomic E-state index is 5.09.